The third kappa shape index (κ3) is 9.76. The Morgan fingerprint density at radius 1 is 0.595 bits per heavy atom. The smallest absolute Gasteiger partial charge is 0.169 e. The van der Waals surface area contributed by atoms with Gasteiger partial charge in [-0.25, -0.2) is 0 Å². The molecule has 4 unspecified atom stereocenters. The summed E-state index contributed by atoms with van der Waals surface area (Å²) in [5.41, 5.74) is 0. The number of aliphatic hydroxyl groups excluding tert-OH is 6. The Morgan fingerprint density at radius 2 is 0.952 bits per heavy atom. The molecule has 0 aromatic heterocycles. The van der Waals surface area contributed by atoms with E-state index in [9.17, 15) is 5.11 Å². The molecule has 6 N–H and O–H groups in total. The summed E-state index contributed by atoms with van der Waals surface area (Å²) in [6.07, 6.45) is 11.3. The van der Waals surface area contributed by atoms with Gasteiger partial charge in [-0.3, -0.25) is 0 Å². The first-order valence-electron chi connectivity index (χ1n) is 15.8. The summed E-state index contributed by atoms with van der Waals surface area (Å²) in [6.45, 7) is -0.349. The molecular weight excluding hydrogens is 552 g/mol. The molecule has 42 heavy (non-hydrogen) atoms. The summed E-state index contributed by atoms with van der Waals surface area (Å²) in [7, 11) is 3.46. The van der Waals surface area contributed by atoms with E-state index < -0.39 is 49.2 Å². The molecule has 2 heterocycles. The van der Waals surface area contributed by atoms with Crippen molar-refractivity contribution in [3.05, 3.63) is 0 Å². The molecule has 5 rings (SSSR count). The molecule has 3 aliphatic carbocycles. The minimum absolute atomic E-state index is 0.238. The molecule has 12 nitrogen and oxygen atoms in total. The Labute approximate surface area is 250 Å². The van der Waals surface area contributed by atoms with Gasteiger partial charge in [-0.05, 0) is 38.5 Å². The molecule has 0 radical (unpaired) electrons. The Kier molecular flexibility index (Phi) is 14.8. The molecule has 2 aliphatic heterocycles. The van der Waals surface area contributed by atoms with Crippen molar-refractivity contribution < 1.29 is 59.1 Å². The first-order chi connectivity index (χ1) is 20.2. The van der Waals surface area contributed by atoms with Gasteiger partial charge in [-0.2, -0.15) is 0 Å². The first-order valence-corrected chi connectivity index (χ1v) is 15.8. The van der Waals surface area contributed by atoms with E-state index in [1.807, 2.05) is 0 Å². The van der Waals surface area contributed by atoms with Gasteiger partial charge >= 0.3 is 0 Å². The van der Waals surface area contributed by atoms with Crippen LogP contribution in [-0.2, 0) is 28.4 Å². The molecular formula is C30H56O12. The van der Waals surface area contributed by atoms with Crippen LogP contribution >= 0.6 is 0 Å². The summed E-state index contributed by atoms with van der Waals surface area (Å²) >= 11 is 0. The van der Waals surface area contributed by atoms with E-state index in [0.29, 0.717) is 13.2 Å². The van der Waals surface area contributed by atoms with Crippen LogP contribution in [0.25, 0.3) is 0 Å². The predicted octanol–water partition coefficient (Wildman–Crippen LogP) is 1.49. The van der Waals surface area contributed by atoms with Crippen molar-refractivity contribution in [1.82, 2.24) is 0 Å². The van der Waals surface area contributed by atoms with E-state index in [1.54, 1.807) is 14.2 Å². The average Bonchev–Trinajstić information content (AvgIpc) is 3.65. The lowest BCUT2D eigenvalue weighted by molar-refractivity contribution is -0.222. The van der Waals surface area contributed by atoms with Gasteiger partial charge in [0.05, 0.1) is 26.4 Å². The maximum atomic E-state index is 10.7. The fourth-order valence-corrected chi connectivity index (χ4v) is 6.49. The number of rotatable bonds is 8. The predicted molar refractivity (Wildman–Crippen MR) is 151 cm³/mol. The number of aliphatic hydroxyl groups is 6. The van der Waals surface area contributed by atoms with Gasteiger partial charge in [-0.1, -0.05) is 19.3 Å². The van der Waals surface area contributed by atoms with Crippen LogP contribution in [0.15, 0.2) is 0 Å². The molecule has 0 amide bonds. The second-order valence-corrected chi connectivity index (χ2v) is 12.2. The molecule has 12 heteroatoms. The number of hydrogen-bond donors (Lipinski definition) is 6. The van der Waals surface area contributed by atoms with Crippen molar-refractivity contribution in [1.29, 1.82) is 0 Å². The maximum Gasteiger partial charge on any atom is 0.169 e. The van der Waals surface area contributed by atoms with Crippen LogP contribution in [0.1, 0.15) is 96.3 Å². The van der Waals surface area contributed by atoms with Crippen molar-refractivity contribution in [3.63, 3.8) is 0 Å². The number of methoxy groups -OCH3 is 2. The summed E-state index contributed by atoms with van der Waals surface area (Å²) in [5, 5.41) is 53.2. The molecule has 5 aliphatic rings. The molecule has 248 valence electrons. The minimum Gasteiger partial charge on any atom is -0.394 e. The van der Waals surface area contributed by atoms with E-state index in [4.69, 9.17) is 54.0 Å². The maximum absolute atomic E-state index is 10.7. The van der Waals surface area contributed by atoms with E-state index in [1.165, 1.54) is 32.1 Å². The topological polar surface area (TPSA) is 177 Å². The van der Waals surface area contributed by atoms with Crippen LogP contribution in [-0.4, -0.2) is 125 Å². The second kappa shape index (κ2) is 17.3. The molecule has 0 bridgehead atoms. The van der Waals surface area contributed by atoms with Gasteiger partial charge < -0.3 is 59.1 Å². The molecule has 3 saturated carbocycles. The Bertz CT molecular complexity index is 684. The van der Waals surface area contributed by atoms with E-state index in [-0.39, 0.29) is 18.0 Å². The number of hydrogen-bond acceptors (Lipinski definition) is 12. The van der Waals surface area contributed by atoms with Crippen molar-refractivity contribution >= 4 is 0 Å². The Hall–Kier alpha value is -0.480. The standard InChI is InChI=1S/C17H28O5.C8H16O2.C5H12O5/c18-15(13-11-19-16(21-13)7-3-1-4-8-16)14-12-20-17(22-14)9-5-2-6-10-17;1-9-8(10-2)6-4-3-5-7-8;6-1-3(8)5(10)4(9)2-7/h13-15,18H,1-12H2;3-7H2,1-2H3;3-10H,1-2H2. The highest BCUT2D eigenvalue weighted by Crippen LogP contribution is 2.42. The second-order valence-electron chi connectivity index (χ2n) is 12.2. The summed E-state index contributed by atoms with van der Waals surface area (Å²) in [4.78, 5) is 0. The largest absolute Gasteiger partial charge is 0.394 e. The average molecular weight is 609 g/mol. The van der Waals surface area contributed by atoms with E-state index >= 15 is 0 Å². The normalized spacial score (nSPS) is 30.9. The Morgan fingerprint density at radius 3 is 1.26 bits per heavy atom. The molecule has 4 atom stereocenters. The summed E-state index contributed by atoms with van der Waals surface area (Å²) < 4.78 is 34.7. The van der Waals surface area contributed by atoms with Gasteiger partial charge in [-0.15, -0.1) is 0 Å². The third-order valence-corrected chi connectivity index (χ3v) is 9.27. The zero-order chi connectivity index (χ0) is 30.6. The van der Waals surface area contributed by atoms with Crippen LogP contribution < -0.4 is 0 Å². The third-order valence-electron chi connectivity index (χ3n) is 9.27. The van der Waals surface area contributed by atoms with Crippen LogP contribution in [0.2, 0.25) is 0 Å². The quantitative estimate of drug-likeness (QED) is 0.219. The van der Waals surface area contributed by atoms with Gasteiger partial charge in [0.1, 0.15) is 36.6 Å². The van der Waals surface area contributed by atoms with Crippen molar-refractivity contribution in [2.75, 3.05) is 40.6 Å². The molecule has 2 saturated heterocycles. The van der Waals surface area contributed by atoms with Crippen LogP contribution in [0, 0.1) is 0 Å². The lowest BCUT2D eigenvalue weighted by Gasteiger charge is -2.34. The lowest BCUT2D eigenvalue weighted by atomic mass is 9.94. The molecule has 0 aromatic carbocycles. The molecule has 0 aromatic rings. The zero-order valence-electron chi connectivity index (χ0n) is 25.5. The SMILES string of the molecule is COC1(OC)CCCCC1.OC(C1COC2(CCCCC2)O1)C1COC2(CCCCC2)O1.OCC(O)C(O)C(O)CO. The van der Waals surface area contributed by atoms with Gasteiger partial charge in [0.2, 0.25) is 0 Å². The molecule has 5 fully saturated rings. The van der Waals surface area contributed by atoms with Crippen molar-refractivity contribution in [2.45, 2.75) is 150 Å². The lowest BCUT2D eigenvalue weighted by Crippen LogP contribution is -2.43. The Balaban J connectivity index is 0.000000203. The fourth-order valence-electron chi connectivity index (χ4n) is 6.49. The summed E-state index contributed by atoms with van der Waals surface area (Å²) in [6, 6.07) is 0. The monoisotopic (exact) mass is 608 g/mol. The van der Waals surface area contributed by atoms with Crippen molar-refractivity contribution in [2.24, 2.45) is 0 Å². The molecule has 2 spiro atoms. The van der Waals surface area contributed by atoms with Crippen LogP contribution in [0.3, 0.4) is 0 Å². The van der Waals surface area contributed by atoms with Crippen LogP contribution in [0.5, 0.6) is 0 Å². The van der Waals surface area contributed by atoms with Gasteiger partial charge in [0, 0.05) is 52.7 Å². The summed E-state index contributed by atoms with van der Waals surface area (Å²) in [5.74, 6) is -1.12. The highest BCUT2D eigenvalue weighted by molar-refractivity contribution is 4.92. The van der Waals surface area contributed by atoms with Gasteiger partial charge in [0.25, 0.3) is 0 Å². The van der Waals surface area contributed by atoms with Crippen molar-refractivity contribution in [3.8, 4) is 0 Å². The number of ether oxygens (including phenoxy) is 6. The van der Waals surface area contributed by atoms with E-state index in [0.717, 1.165) is 64.2 Å². The van der Waals surface area contributed by atoms with E-state index in [2.05, 4.69) is 0 Å². The van der Waals surface area contributed by atoms with Gasteiger partial charge in [0.15, 0.2) is 17.4 Å². The highest BCUT2D eigenvalue weighted by Gasteiger charge is 2.50. The highest BCUT2D eigenvalue weighted by atomic mass is 16.8. The first kappa shape index (κ1) is 36.0. The fraction of sp³-hybridized carbons (Fsp3) is 1.00. The minimum atomic E-state index is -1.49. The zero-order valence-corrected chi connectivity index (χ0v) is 25.5. The van der Waals surface area contributed by atoms with Crippen LogP contribution in [0.4, 0.5) is 0 Å².